The molecule has 11 heteroatoms. The van der Waals surface area contributed by atoms with Crippen molar-refractivity contribution in [3.05, 3.63) is 77.1 Å². The summed E-state index contributed by atoms with van der Waals surface area (Å²) in [5.41, 5.74) is 1.87. The first-order valence-electron chi connectivity index (χ1n) is 10.5. The highest BCUT2D eigenvalue weighted by Gasteiger charge is 2.36. The van der Waals surface area contributed by atoms with Crippen molar-refractivity contribution >= 4 is 11.3 Å². The van der Waals surface area contributed by atoms with Gasteiger partial charge >= 0.3 is 6.18 Å². The Balaban J connectivity index is 1.42. The van der Waals surface area contributed by atoms with Crippen LogP contribution < -0.4 is 4.72 Å². The van der Waals surface area contributed by atoms with Gasteiger partial charge in [0.25, 0.3) is 0 Å². The number of alkyl halides is 3. The molecule has 1 saturated heterocycles. The van der Waals surface area contributed by atoms with Crippen LogP contribution in [0, 0.1) is 0 Å². The maximum atomic E-state index is 13.6. The fourth-order valence-corrected chi connectivity index (χ4v) is 4.46. The van der Waals surface area contributed by atoms with E-state index in [2.05, 4.69) is 19.9 Å². The van der Waals surface area contributed by atoms with Gasteiger partial charge in [-0.3, -0.25) is 9.45 Å². The second kappa shape index (κ2) is 10.1. The summed E-state index contributed by atoms with van der Waals surface area (Å²) in [6.45, 7) is 1.88. The molecule has 1 unspecified atom stereocenters. The molecule has 3 aromatic rings. The number of hydrogen-bond acceptors (Lipinski definition) is 4. The minimum Gasteiger partial charge on any atom is -0.297 e. The Morgan fingerprint density at radius 1 is 1.12 bits per heavy atom. The first kappa shape index (κ1) is 23.6. The maximum absolute atomic E-state index is 13.6. The molecule has 1 aromatic heterocycles. The van der Waals surface area contributed by atoms with Crippen LogP contribution in [0.5, 0.6) is 0 Å². The van der Waals surface area contributed by atoms with Gasteiger partial charge in [-0.25, -0.2) is 13.6 Å². The van der Waals surface area contributed by atoms with E-state index in [0.717, 1.165) is 17.4 Å². The van der Waals surface area contributed by atoms with Crippen molar-refractivity contribution in [2.24, 2.45) is 0 Å². The van der Waals surface area contributed by atoms with Crippen LogP contribution in [-0.4, -0.2) is 41.7 Å². The first-order chi connectivity index (χ1) is 15.8. The third-order valence-electron chi connectivity index (χ3n) is 5.80. The molecule has 7 nitrogen and oxygen atoms in total. The van der Waals surface area contributed by atoms with Crippen molar-refractivity contribution in [2.45, 2.75) is 38.0 Å². The van der Waals surface area contributed by atoms with Gasteiger partial charge in [0, 0.05) is 13.1 Å². The second-order valence-corrected chi connectivity index (χ2v) is 8.82. The lowest BCUT2D eigenvalue weighted by Crippen LogP contribution is -2.33. The number of nitrogens with zero attached hydrogens (tertiary/aromatic N) is 4. The van der Waals surface area contributed by atoms with Gasteiger partial charge in [-0.05, 0) is 61.2 Å². The molecule has 2 aromatic carbocycles. The van der Waals surface area contributed by atoms with Gasteiger partial charge in [0.05, 0.1) is 23.1 Å². The third kappa shape index (κ3) is 6.05. The highest BCUT2D eigenvalue weighted by atomic mass is 32.2. The van der Waals surface area contributed by atoms with Gasteiger partial charge in [0.1, 0.15) is 0 Å². The molecule has 0 amide bonds. The molecule has 0 bridgehead atoms. The summed E-state index contributed by atoms with van der Waals surface area (Å²) >= 11 is -2.23. The van der Waals surface area contributed by atoms with E-state index in [-0.39, 0.29) is 18.0 Å². The van der Waals surface area contributed by atoms with E-state index in [1.165, 1.54) is 12.1 Å². The summed E-state index contributed by atoms with van der Waals surface area (Å²) < 4.78 is 64.7. The summed E-state index contributed by atoms with van der Waals surface area (Å²) in [6.07, 6.45) is -1.42. The predicted octanol–water partition coefficient (Wildman–Crippen LogP) is 3.89. The number of nitrogens with one attached hydrogen (secondary N) is 1. The van der Waals surface area contributed by atoms with E-state index in [1.54, 1.807) is 4.68 Å². The van der Waals surface area contributed by atoms with Crippen LogP contribution in [0.3, 0.4) is 0 Å². The molecular weight excluding hydrogens is 455 g/mol. The Morgan fingerprint density at radius 2 is 1.85 bits per heavy atom. The molecule has 1 aliphatic heterocycles. The van der Waals surface area contributed by atoms with Crippen LogP contribution in [-0.2, 0) is 30.5 Å². The quantitative estimate of drug-likeness (QED) is 0.503. The molecule has 1 fully saturated rings. The van der Waals surface area contributed by atoms with E-state index < -0.39 is 23.0 Å². The van der Waals surface area contributed by atoms with E-state index in [4.69, 9.17) is 4.55 Å². The largest absolute Gasteiger partial charge is 0.416 e. The predicted molar refractivity (Wildman–Crippen MR) is 118 cm³/mol. The zero-order valence-electron chi connectivity index (χ0n) is 17.7. The van der Waals surface area contributed by atoms with Crippen LogP contribution in [0.15, 0.2) is 54.7 Å². The number of piperidine rings is 1. The van der Waals surface area contributed by atoms with Crippen molar-refractivity contribution < 1.29 is 21.9 Å². The molecule has 0 saturated carbocycles. The van der Waals surface area contributed by atoms with Gasteiger partial charge in [-0.15, -0.1) is 5.10 Å². The number of para-hydroxylation sites is 1. The molecule has 1 aliphatic rings. The first-order valence-corrected chi connectivity index (χ1v) is 11.6. The number of benzene rings is 2. The van der Waals surface area contributed by atoms with Crippen LogP contribution in [0.4, 0.5) is 13.2 Å². The molecule has 1 atom stereocenters. The molecule has 0 spiro atoms. The fraction of sp³-hybridized carbons (Fsp3) is 0.364. The Hall–Kier alpha value is -2.60. The zero-order valence-corrected chi connectivity index (χ0v) is 18.5. The molecule has 176 valence electrons. The van der Waals surface area contributed by atoms with E-state index >= 15 is 0 Å². The minimum atomic E-state index is -4.45. The van der Waals surface area contributed by atoms with Crippen LogP contribution in [0.1, 0.15) is 41.1 Å². The molecule has 2 N–H and O–H groups in total. The van der Waals surface area contributed by atoms with E-state index in [1.807, 2.05) is 36.5 Å². The average Bonchev–Trinajstić information content (AvgIpc) is 3.26. The SMILES string of the molecule is O=S(O)NCc1ccc(C(F)(F)F)c(C2CCN(Cc3cn(-c4ccccc4)nn3)CC2)c1. The Bertz CT molecular complexity index is 1100. The van der Waals surface area contributed by atoms with Crippen molar-refractivity contribution in [1.29, 1.82) is 0 Å². The van der Waals surface area contributed by atoms with Crippen molar-refractivity contribution in [2.75, 3.05) is 13.1 Å². The van der Waals surface area contributed by atoms with E-state index in [9.17, 15) is 17.4 Å². The number of likely N-dealkylation sites (tertiary alicyclic amines) is 1. The molecule has 0 radical (unpaired) electrons. The standard InChI is InChI=1S/C22H24F3N5O2S/c23-22(24,25)21-7-6-16(13-26-33(31)32)12-20(21)17-8-10-29(11-9-17)14-18-15-30(28-27-18)19-4-2-1-3-5-19/h1-7,12,15,17,26H,8-11,13-14H2,(H,31,32). The smallest absolute Gasteiger partial charge is 0.297 e. The molecule has 2 heterocycles. The normalized spacial score (nSPS) is 16.7. The summed E-state index contributed by atoms with van der Waals surface area (Å²) in [6, 6.07) is 13.6. The van der Waals surface area contributed by atoms with Crippen molar-refractivity contribution in [1.82, 2.24) is 24.6 Å². The van der Waals surface area contributed by atoms with Crippen LogP contribution >= 0.6 is 0 Å². The minimum absolute atomic E-state index is 0.0180. The number of rotatable bonds is 7. The topological polar surface area (TPSA) is 83.3 Å². The summed E-state index contributed by atoms with van der Waals surface area (Å²) in [5.74, 6) is -0.238. The summed E-state index contributed by atoms with van der Waals surface area (Å²) in [7, 11) is 0. The number of hydrogen-bond donors (Lipinski definition) is 2. The molecule has 4 rings (SSSR count). The molecule has 0 aliphatic carbocycles. The lowest BCUT2D eigenvalue weighted by molar-refractivity contribution is -0.138. The summed E-state index contributed by atoms with van der Waals surface area (Å²) in [4.78, 5) is 2.17. The highest BCUT2D eigenvalue weighted by Crippen LogP contribution is 2.39. The monoisotopic (exact) mass is 479 g/mol. The lowest BCUT2D eigenvalue weighted by atomic mass is 9.85. The average molecular weight is 480 g/mol. The molecular formula is C22H24F3N5O2S. The lowest BCUT2D eigenvalue weighted by Gasteiger charge is -2.33. The van der Waals surface area contributed by atoms with Gasteiger partial charge in [0.15, 0.2) is 0 Å². The van der Waals surface area contributed by atoms with E-state index in [0.29, 0.717) is 38.0 Å². The Kier molecular flexibility index (Phi) is 7.23. The van der Waals surface area contributed by atoms with Crippen LogP contribution in [0.2, 0.25) is 0 Å². The maximum Gasteiger partial charge on any atom is 0.416 e. The number of halogens is 3. The third-order valence-corrected chi connectivity index (χ3v) is 6.19. The van der Waals surface area contributed by atoms with Crippen LogP contribution in [0.25, 0.3) is 5.69 Å². The Morgan fingerprint density at radius 3 is 2.52 bits per heavy atom. The van der Waals surface area contributed by atoms with Gasteiger partial charge < -0.3 is 0 Å². The van der Waals surface area contributed by atoms with Gasteiger partial charge in [-0.2, -0.15) is 13.2 Å². The van der Waals surface area contributed by atoms with Crippen molar-refractivity contribution in [3.63, 3.8) is 0 Å². The summed E-state index contributed by atoms with van der Waals surface area (Å²) in [5, 5.41) is 8.39. The van der Waals surface area contributed by atoms with Gasteiger partial charge in [-0.1, -0.05) is 35.5 Å². The molecule has 33 heavy (non-hydrogen) atoms. The van der Waals surface area contributed by atoms with Gasteiger partial charge in [0.2, 0.25) is 11.3 Å². The Labute approximate surface area is 192 Å². The highest BCUT2D eigenvalue weighted by molar-refractivity contribution is 7.77. The second-order valence-electron chi connectivity index (χ2n) is 8.03. The fourth-order valence-electron chi connectivity index (χ4n) is 4.17. The zero-order chi connectivity index (χ0) is 23.4. The number of aromatic nitrogens is 3. The van der Waals surface area contributed by atoms with Crippen molar-refractivity contribution in [3.8, 4) is 5.69 Å².